The lowest BCUT2D eigenvalue weighted by Crippen LogP contribution is -2.37. The smallest absolute Gasteiger partial charge is 0.335 e. The zero-order chi connectivity index (χ0) is 38.6. The number of carbonyl (C=O) groups is 4. The lowest BCUT2D eigenvalue weighted by Gasteiger charge is -2.28. The first kappa shape index (κ1) is 38.0. The molecule has 1 heterocycles. The van der Waals surface area contributed by atoms with E-state index in [4.69, 9.17) is 5.11 Å². The second kappa shape index (κ2) is 16.1. The maximum Gasteiger partial charge on any atom is 0.335 e. The molecule has 1 aliphatic rings. The molecule has 4 aromatic carbocycles. The van der Waals surface area contributed by atoms with Crippen molar-refractivity contribution in [1.29, 1.82) is 0 Å². The SMILES string of the molecule is CC(C)N(c1cccc(C(=O)O)c1)S(=O)(=O)c1cccc(C(=O)Nc2sc3c(c2C(=O)Nc2ccc(CCc4ccc(C(=O)O)cc4)cc2)CCCC3)c1. The number of aryl methyl sites for hydroxylation is 3. The van der Waals surface area contributed by atoms with E-state index in [9.17, 15) is 32.7 Å². The summed E-state index contributed by atoms with van der Waals surface area (Å²) in [4.78, 5) is 51.2. The zero-order valence-electron chi connectivity index (χ0n) is 29.7. The first-order chi connectivity index (χ1) is 25.8. The average Bonchev–Trinajstić information content (AvgIpc) is 3.52. The Morgan fingerprint density at radius 1 is 0.722 bits per heavy atom. The van der Waals surface area contributed by atoms with Crippen LogP contribution in [0.25, 0.3) is 0 Å². The number of nitrogens with one attached hydrogen (secondary N) is 2. The number of amides is 2. The Kier molecular flexibility index (Phi) is 11.3. The second-order valence-electron chi connectivity index (χ2n) is 13.3. The highest BCUT2D eigenvalue weighted by Gasteiger charge is 2.30. The van der Waals surface area contributed by atoms with Crippen LogP contribution in [-0.2, 0) is 35.7 Å². The summed E-state index contributed by atoms with van der Waals surface area (Å²) in [5, 5.41) is 24.9. The number of carboxylic acids is 2. The average molecular weight is 766 g/mol. The Morgan fingerprint density at radius 2 is 1.33 bits per heavy atom. The van der Waals surface area contributed by atoms with Crippen LogP contribution < -0.4 is 14.9 Å². The molecule has 0 atom stereocenters. The van der Waals surface area contributed by atoms with Gasteiger partial charge in [-0.1, -0.05) is 36.4 Å². The van der Waals surface area contributed by atoms with Crippen molar-refractivity contribution in [2.75, 3.05) is 14.9 Å². The van der Waals surface area contributed by atoms with E-state index in [0.29, 0.717) is 22.7 Å². The third-order valence-electron chi connectivity index (χ3n) is 9.21. The molecule has 0 saturated carbocycles. The van der Waals surface area contributed by atoms with Crippen LogP contribution in [0.4, 0.5) is 16.4 Å². The number of carbonyl (C=O) groups excluding carboxylic acids is 2. The van der Waals surface area contributed by atoms with E-state index in [-0.39, 0.29) is 33.2 Å². The summed E-state index contributed by atoms with van der Waals surface area (Å²) in [6, 6.07) is 25.0. The molecule has 0 saturated heterocycles. The molecule has 1 aromatic heterocycles. The van der Waals surface area contributed by atoms with Crippen molar-refractivity contribution in [2.45, 2.75) is 63.3 Å². The zero-order valence-corrected chi connectivity index (χ0v) is 31.3. The minimum absolute atomic E-state index is 0.0593. The minimum Gasteiger partial charge on any atom is -0.478 e. The summed E-state index contributed by atoms with van der Waals surface area (Å²) < 4.78 is 29.1. The fourth-order valence-corrected chi connectivity index (χ4v) is 9.50. The molecule has 0 unspecified atom stereocenters. The predicted molar refractivity (Wildman–Crippen MR) is 209 cm³/mol. The van der Waals surface area contributed by atoms with Crippen LogP contribution in [0.15, 0.2) is 102 Å². The molecule has 0 bridgehead atoms. The summed E-state index contributed by atoms with van der Waals surface area (Å²) in [5.41, 5.74) is 4.38. The van der Waals surface area contributed by atoms with Gasteiger partial charge in [-0.15, -0.1) is 11.3 Å². The van der Waals surface area contributed by atoms with Crippen LogP contribution in [0.2, 0.25) is 0 Å². The molecule has 5 aromatic rings. The Hall–Kier alpha value is -5.79. The molecule has 0 radical (unpaired) electrons. The molecule has 6 rings (SSSR count). The van der Waals surface area contributed by atoms with Crippen molar-refractivity contribution < 1.29 is 37.8 Å². The van der Waals surface area contributed by atoms with Gasteiger partial charge in [-0.25, -0.2) is 18.0 Å². The predicted octanol–water partition coefficient (Wildman–Crippen LogP) is 7.92. The number of carboxylic acid groups (broad SMARTS) is 2. The molecular weight excluding hydrogens is 727 g/mol. The number of thiophene rings is 1. The first-order valence-corrected chi connectivity index (χ1v) is 19.7. The number of hydrogen-bond acceptors (Lipinski definition) is 7. The second-order valence-corrected chi connectivity index (χ2v) is 16.2. The van der Waals surface area contributed by atoms with Crippen LogP contribution in [0.5, 0.6) is 0 Å². The summed E-state index contributed by atoms with van der Waals surface area (Å²) >= 11 is 1.35. The van der Waals surface area contributed by atoms with Gasteiger partial charge in [-0.05, 0) is 130 Å². The quantitative estimate of drug-likeness (QED) is 0.0937. The molecule has 0 spiro atoms. The van der Waals surface area contributed by atoms with Crippen molar-refractivity contribution in [3.05, 3.63) is 141 Å². The van der Waals surface area contributed by atoms with E-state index in [0.717, 1.165) is 58.0 Å². The van der Waals surface area contributed by atoms with Crippen molar-refractivity contribution in [3.63, 3.8) is 0 Å². The summed E-state index contributed by atoms with van der Waals surface area (Å²) in [6.07, 6.45) is 4.80. The lowest BCUT2D eigenvalue weighted by molar-refractivity contribution is 0.0686. The number of fused-ring (bicyclic) bond motifs is 1. The van der Waals surface area contributed by atoms with Gasteiger partial charge in [0.25, 0.3) is 21.8 Å². The van der Waals surface area contributed by atoms with Gasteiger partial charge in [-0.2, -0.15) is 0 Å². The Labute approximate surface area is 317 Å². The lowest BCUT2D eigenvalue weighted by atomic mass is 9.95. The minimum atomic E-state index is -4.23. The van der Waals surface area contributed by atoms with Gasteiger partial charge < -0.3 is 20.8 Å². The van der Waals surface area contributed by atoms with Crippen molar-refractivity contribution in [2.24, 2.45) is 0 Å². The molecular formula is C41H39N3O8S2. The maximum absolute atomic E-state index is 14.0. The van der Waals surface area contributed by atoms with Gasteiger partial charge in [0.2, 0.25) is 0 Å². The third-order valence-corrected chi connectivity index (χ3v) is 12.4. The highest BCUT2D eigenvalue weighted by molar-refractivity contribution is 7.92. The molecule has 0 fully saturated rings. The van der Waals surface area contributed by atoms with Gasteiger partial charge in [0.05, 0.1) is 27.3 Å². The highest BCUT2D eigenvalue weighted by atomic mass is 32.2. The van der Waals surface area contributed by atoms with Crippen LogP contribution in [0, 0.1) is 0 Å². The molecule has 2 amide bonds. The van der Waals surface area contributed by atoms with Gasteiger partial charge in [-0.3, -0.25) is 13.9 Å². The van der Waals surface area contributed by atoms with Crippen molar-refractivity contribution in [3.8, 4) is 0 Å². The Morgan fingerprint density at radius 3 is 1.98 bits per heavy atom. The Balaban J connectivity index is 1.19. The number of benzene rings is 4. The van der Waals surface area contributed by atoms with E-state index in [2.05, 4.69) is 10.6 Å². The standard InChI is InChI=1S/C41H39N3O8S2/c1-25(2)44(32-9-5-8-30(23-32)41(49)50)54(51,52)33-10-6-7-29(24-33)37(45)43-39-36(34-11-3-4-12-35(34)53-39)38(46)42-31-21-17-27(18-22-31)14-13-26-15-19-28(20-16-26)40(47)48/h5-10,15-25H,3-4,11-14H2,1-2H3,(H,42,46)(H,43,45)(H,47,48)(H,49,50). The molecule has 11 nitrogen and oxygen atoms in total. The number of hydrogen-bond donors (Lipinski definition) is 4. The summed E-state index contributed by atoms with van der Waals surface area (Å²) in [7, 11) is -4.23. The monoisotopic (exact) mass is 765 g/mol. The van der Waals surface area contributed by atoms with Crippen LogP contribution in [0.1, 0.15) is 89.7 Å². The van der Waals surface area contributed by atoms with Gasteiger partial charge in [0.1, 0.15) is 5.00 Å². The van der Waals surface area contributed by atoms with Gasteiger partial charge in [0.15, 0.2) is 0 Å². The summed E-state index contributed by atoms with van der Waals surface area (Å²) in [6.45, 7) is 3.35. The number of rotatable bonds is 13. The van der Waals surface area contributed by atoms with Crippen molar-refractivity contribution in [1.82, 2.24) is 0 Å². The first-order valence-electron chi connectivity index (χ1n) is 17.5. The molecule has 278 valence electrons. The fourth-order valence-electron chi connectivity index (χ4n) is 6.52. The molecule has 0 aliphatic heterocycles. The number of aromatic carboxylic acids is 2. The molecule has 1 aliphatic carbocycles. The highest BCUT2D eigenvalue weighted by Crippen LogP contribution is 2.39. The number of anilines is 3. The topological polar surface area (TPSA) is 170 Å². The summed E-state index contributed by atoms with van der Waals surface area (Å²) in [5.74, 6) is -3.09. The number of nitrogens with zero attached hydrogens (tertiary/aromatic N) is 1. The van der Waals surface area contributed by atoms with Gasteiger partial charge in [0, 0.05) is 22.2 Å². The van der Waals surface area contributed by atoms with Gasteiger partial charge >= 0.3 is 11.9 Å². The molecule has 54 heavy (non-hydrogen) atoms. The molecule has 4 N–H and O–H groups in total. The Bertz CT molecular complexity index is 2330. The van der Waals surface area contributed by atoms with E-state index in [1.165, 1.54) is 59.9 Å². The third kappa shape index (κ3) is 8.37. The van der Waals surface area contributed by atoms with Crippen molar-refractivity contribution >= 4 is 61.5 Å². The molecule has 13 heteroatoms. The van der Waals surface area contributed by atoms with E-state index in [1.807, 2.05) is 24.3 Å². The number of sulfonamides is 1. The van der Waals surface area contributed by atoms with E-state index in [1.54, 1.807) is 38.1 Å². The van der Waals surface area contributed by atoms with Crippen LogP contribution in [-0.4, -0.2) is 48.4 Å². The largest absolute Gasteiger partial charge is 0.478 e. The van der Waals surface area contributed by atoms with Crippen LogP contribution >= 0.6 is 11.3 Å². The van der Waals surface area contributed by atoms with Crippen LogP contribution in [0.3, 0.4) is 0 Å². The fraction of sp³-hybridized carbons (Fsp3) is 0.220. The van der Waals surface area contributed by atoms with E-state index >= 15 is 0 Å². The van der Waals surface area contributed by atoms with E-state index < -0.39 is 33.9 Å². The normalized spacial score (nSPS) is 12.5. The maximum atomic E-state index is 14.0.